The summed E-state index contributed by atoms with van der Waals surface area (Å²) in [6.07, 6.45) is 4.44. The molecule has 126 valence electrons. The van der Waals surface area contributed by atoms with Crippen molar-refractivity contribution in [3.8, 4) is 0 Å². The third kappa shape index (κ3) is 2.95. The Kier molecular flexibility index (Phi) is 4.10. The lowest BCUT2D eigenvalue weighted by molar-refractivity contribution is -0.120. The Bertz CT molecular complexity index is 836. The van der Waals surface area contributed by atoms with Crippen molar-refractivity contribution in [1.29, 1.82) is 0 Å². The largest absolute Gasteiger partial charge is 0.371 e. The maximum absolute atomic E-state index is 12.8. The fraction of sp³-hybridized carbons (Fsp3) is 0.238. The van der Waals surface area contributed by atoms with Gasteiger partial charge >= 0.3 is 0 Å². The second kappa shape index (κ2) is 6.55. The summed E-state index contributed by atoms with van der Waals surface area (Å²) in [5.74, 6) is -0.381. The van der Waals surface area contributed by atoms with Gasteiger partial charge in [-0.15, -0.1) is 0 Å². The van der Waals surface area contributed by atoms with Gasteiger partial charge in [0.15, 0.2) is 0 Å². The lowest BCUT2D eigenvalue weighted by Gasteiger charge is -2.20. The van der Waals surface area contributed by atoms with E-state index in [0.29, 0.717) is 11.3 Å². The van der Waals surface area contributed by atoms with Gasteiger partial charge in [0.2, 0.25) is 5.91 Å². The van der Waals surface area contributed by atoms with E-state index in [1.54, 1.807) is 12.1 Å². The summed E-state index contributed by atoms with van der Waals surface area (Å²) in [4.78, 5) is 28.8. The molecule has 0 unspecified atom stereocenters. The molecular formula is C21H20N2O2. The maximum atomic E-state index is 12.8. The molecular weight excluding hydrogens is 312 g/mol. The molecule has 2 heterocycles. The number of carbonyl (C=O) groups excluding carboxylic acids is 2. The monoisotopic (exact) mass is 332 g/mol. The molecule has 2 aromatic carbocycles. The SMILES string of the molecule is O=C1C/C(=C\c2ccccc2N2CCCC2)C(=O)N1c1ccccc1. The lowest BCUT2D eigenvalue weighted by Crippen LogP contribution is -2.28. The molecule has 0 saturated carbocycles. The van der Waals surface area contributed by atoms with E-state index >= 15 is 0 Å². The number of amides is 2. The summed E-state index contributed by atoms with van der Waals surface area (Å²) < 4.78 is 0. The van der Waals surface area contributed by atoms with E-state index in [0.717, 1.165) is 24.3 Å². The Morgan fingerprint density at radius 2 is 1.52 bits per heavy atom. The van der Waals surface area contributed by atoms with Crippen molar-refractivity contribution in [3.05, 3.63) is 65.7 Å². The Balaban J connectivity index is 1.67. The van der Waals surface area contributed by atoms with Crippen molar-refractivity contribution < 1.29 is 9.59 Å². The number of imide groups is 1. The highest BCUT2D eigenvalue weighted by Gasteiger charge is 2.35. The molecule has 0 aromatic heterocycles. The second-order valence-corrected chi connectivity index (χ2v) is 6.47. The lowest BCUT2D eigenvalue weighted by atomic mass is 10.1. The van der Waals surface area contributed by atoms with Gasteiger partial charge in [-0.25, -0.2) is 4.90 Å². The zero-order valence-electron chi connectivity index (χ0n) is 14.0. The normalized spacial score (nSPS) is 19.3. The predicted octanol–water partition coefficient (Wildman–Crippen LogP) is 3.63. The topological polar surface area (TPSA) is 40.6 Å². The van der Waals surface area contributed by atoms with Crippen LogP contribution in [0.15, 0.2) is 60.2 Å². The van der Waals surface area contributed by atoms with Crippen molar-refractivity contribution in [1.82, 2.24) is 0 Å². The second-order valence-electron chi connectivity index (χ2n) is 6.47. The van der Waals surface area contributed by atoms with Crippen LogP contribution in [0.2, 0.25) is 0 Å². The van der Waals surface area contributed by atoms with Gasteiger partial charge in [-0.2, -0.15) is 0 Å². The Labute approximate surface area is 147 Å². The molecule has 2 aliphatic heterocycles. The number of nitrogens with zero attached hydrogens (tertiary/aromatic N) is 2. The summed E-state index contributed by atoms with van der Waals surface area (Å²) >= 11 is 0. The van der Waals surface area contributed by atoms with E-state index in [-0.39, 0.29) is 18.2 Å². The molecule has 2 aliphatic rings. The van der Waals surface area contributed by atoms with Crippen LogP contribution in [0.25, 0.3) is 6.08 Å². The average Bonchev–Trinajstić information content (AvgIpc) is 3.25. The molecule has 25 heavy (non-hydrogen) atoms. The van der Waals surface area contributed by atoms with Crippen molar-refractivity contribution in [3.63, 3.8) is 0 Å². The van der Waals surface area contributed by atoms with Crippen molar-refractivity contribution in [2.75, 3.05) is 22.9 Å². The van der Waals surface area contributed by atoms with Crippen LogP contribution in [-0.4, -0.2) is 24.9 Å². The van der Waals surface area contributed by atoms with E-state index in [4.69, 9.17) is 0 Å². The molecule has 4 rings (SSSR count). The first-order chi connectivity index (χ1) is 12.2. The molecule has 0 radical (unpaired) electrons. The number of benzene rings is 2. The molecule has 2 amide bonds. The molecule has 0 aliphatic carbocycles. The minimum atomic E-state index is -0.215. The number of carbonyl (C=O) groups is 2. The summed E-state index contributed by atoms with van der Waals surface area (Å²) in [7, 11) is 0. The zero-order chi connectivity index (χ0) is 17.2. The highest BCUT2D eigenvalue weighted by atomic mass is 16.2. The van der Waals surface area contributed by atoms with Gasteiger partial charge in [0.1, 0.15) is 0 Å². The molecule has 4 nitrogen and oxygen atoms in total. The van der Waals surface area contributed by atoms with Gasteiger partial charge in [0.25, 0.3) is 5.91 Å². The Morgan fingerprint density at radius 1 is 0.840 bits per heavy atom. The van der Waals surface area contributed by atoms with E-state index in [2.05, 4.69) is 11.0 Å². The van der Waals surface area contributed by atoms with Gasteiger partial charge in [-0.1, -0.05) is 36.4 Å². The first kappa shape index (κ1) is 15.6. The minimum Gasteiger partial charge on any atom is -0.371 e. The summed E-state index contributed by atoms with van der Waals surface area (Å²) in [6.45, 7) is 2.09. The minimum absolute atomic E-state index is 0.155. The average molecular weight is 332 g/mol. The van der Waals surface area contributed by atoms with E-state index < -0.39 is 0 Å². The maximum Gasteiger partial charge on any atom is 0.261 e. The van der Waals surface area contributed by atoms with E-state index in [1.165, 1.54) is 17.7 Å². The zero-order valence-corrected chi connectivity index (χ0v) is 14.0. The number of para-hydroxylation sites is 2. The molecule has 0 spiro atoms. The molecule has 2 saturated heterocycles. The van der Waals surface area contributed by atoms with Crippen LogP contribution in [0.3, 0.4) is 0 Å². The van der Waals surface area contributed by atoms with Gasteiger partial charge in [0, 0.05) is 24.4 Å². The van der Waals surface area contributed by atoms with Gasteiger partial charge in [0.05, 0.1) is 12.1 Å². The highest BCUT2D eigenvalue weighted by Crippen LogP contribution is 2.31. The van der Waals surface area contributed by atoms with Gasteiger partial charge < -0.3 is 4.90 Å². The molecule has 0 N–H and O–H groups in total. The Morgan fingerprint density at radius 3 is 2.28 bits per heavy atom. The number of hydrogen-bond acceptors (Lipinski definition) is 3. The standard InChI is InChI=1S/C21H20N2O2/c24-20-15-17(21(25)23(20)18-9-2-1-3-10-18)14-16-8-4-5-11-19(16)22-12-6-7-13-22/h1-5,8-11,14H,6-7,12-13,15H2/b17-14+. The van der Waals surface area contributed by atoms with Crippen LogP contribution in [0.5, 0.6) is 0 Å². The number of hydrogen-bond donors (Lipinski definition) is 0. The highest BCUT2D eigenvalue weighted by molar-refractivity contribution is 6.29. The first-order valence-corrected chi connectivity index (χ1v) is 8.71. The van der Waals surface area contributed by atoms with Crippen LogP contribution >= 0.6 is 0 Å². The molecule has 0 bridgehead atoms. The summed E-state index contributed by atoms with van der Waals surface area (Å²) in [6, 6.07) is 17.2. The van der Waals surface area contributed by atoms with Crippen molar-refractivity contribution in [2.45, 2.75) is 19.3 Å². The molecule has 0 atom stereocenters. The van der Waals surface area contributed by atoms with Crippen LogP contribution < -0.4 is 9.80 Å². The third-order valence-corrected chi connectivity index (χ3v) is 4.80. The van der Waals surface area contributed by atoms with Crippen LogP contribution in [0.4, 0.5) is 11.4 Å². The quantitative estimate of drug-likeness (QED) is 0.636. The smallest absolute Gasteiger partial charge is 0.261 e. The number of rotatable bonds is 3. The number of anilines is 2. The van der Waals surface area contributed by atoms with E-state index in [9.17, 15) is 9.59 Å². The van der Waals surface area contributed by atoms with Crippen LogP contribution in [-0.2, 0) is 9.59 Å². The predicted molar refractivity (Wildman–Crippen MR) is 99.4 cm³/mol. The fourth-order valence-corrected chi connectivity index (χ4v) is 3.57. The van der Waals surface area contributed by atoms with Crippen LogP contribution in [0.1, 0.15) is 24.8 Å². The summed E-state index contributed by atoms with van der Waals surface area (Å²) in [5, 5.41) is 0. The molecule has 2 aromatic rings. The van der Waals surface area contributed by atoms with E-state index in [1.807, 2.05) is 42.5 Å². The molecule has 2 fully saturated rings. The molecule has 4 heteroatoms. The Hall–Kier alpha value is -2.88. The third-order valence-electron chi connectivity index (χ3n) is 4.80. The van der Waals surface area contributed by atoms with Crippen molar-refractivity contribution >= 4 is 29.3 Å². The van der Waals surface area contributed by atoms with Gasteiger partial charge in [-0.3, -0.25) is 9.59 Å². The van der Waals surface area contributed by atoms with Crippen molar-refractivity contribution in [2.24, 2.45) is 0 Å². The van der Waals surface area contributed by atoms with Crippen LogP contribution in [0, 0.1) is 0 Å². The first-order valence-electron chi connectivity index (χ1n) is 8.71. The van der Waals surface area contributed by atoms with Gasteiger partial charge in [-0.05, 0) is 42.7 Å². The fourth-order valence-electron chi connectivity index (χ4n) is 3.57. The summed E-state index contributed by atoms with van der Waals surface area (Å²) in [5.41, 5.74) is 3.34.